The standard InChI is InChI=1S/C29H30FNO6S/c1-18-9-14-24-27(36-18)22-15-25(35-17-19-7-5-4-6-8-19)23(16-26(22)37-29(24,2)3)28(32)31-38(33,34)21-12-10-20(30)11-13-21/h4-8,10-13,15-16,18,24,27H,9,14,17H2,1-3H3,(H,31,32)/t18-,24-,27+/m0/s1. The lowest BCUT2D eigenvalue weighted by Crippen LogP contribution is -2.48. The van der Waals surface area contributed by atoms with Crippen LogP contribution in [0.15, 0.2) is 71.6 Å². The molecule has 7 nitrogen and oxygen atoms in total. The second kappa shape index (κ2) is 10.0. The van der Waals surface area contributed by atoms with Gasteiger partial charge in [0.25, 0.3) is 15.9 Å². The van der Waals surface area contributed by atoms with Gasteiger partial charge in [-0.3, -0.25) is 4.79 Å². The third kappa shape index (κ3) is 5.26. The number of nitrogens with one attached hydrogen (secondary N) is 1. The van der Waals surface area contributed by atoms with Crippen molar-refractivity contribution in [2.75, 3.05) is 0 Å². The molecular weight excluding hydrogens is 509 g/mol. The van der Waals surface area contributed by atoms with Crippen LogP contribution in [0.25, 0.3) is 0 Å². The molecule has 9 heteroatoms. The fourth-order valence-electron chi connectivity index (χ4n) is 5.11. The van der Waals surface area contributed by atoms with Crippen LogP contribution in [0.3, 0.4) is 0 Å². The van der Waals surface area contributed by atoms with Crippen molar-refractivity contribution < 1.29 is 31.8 Å². The fraction of sp³-hybridized carbons (Fsp3) is 0.345. The van der Waals surface area contributed by atoms with Gasteiger partial charge in [-0.2, -0.15) is 0 Å². The molecule has 0 unspecified atom stereocenters. The maximum absolute atomic E-state index is 13.4. The summed E-state index contributed by atoms with van der Waals surface area (Å²) in [7, 11) is -4.27. The molecular formula is C29H30FNO6S. The molecule has 1 N–H and O–H groups in total. The van der Waals surface area contributed by atoms with E-state index in [-0.39, 0.29) is 40.9 Å². The van der Waals surface area contributed by atoms with Crippen LogP contribution in [-0.2, 0) is 21.4 Å². The zero-order valence-electron chi connectivity index (χ0n) is 21.4. The molecule has 0 aromatic heterocycles. The minimum Gasteiger partial charge on any atom is -0.488 e. The van der Waals surface area contributed by atoms with Crippen molar-refractivity contribution in [2.24, 2.45) is 5.92 Å². The van der Waals surface area contributed by atoms with Gasteiger partial charge in [-0.25, -0.2) is 17.5 Å². The first kappa shape index (κ1) is 26.2. The lowest BCUT2D eigenvalue weighted by molar-refractivity contribution is -0.144. The normalized spacial score (nSPS) is 21.9. The first-order valence-corrected chi connectivity index (χ1v) is 14.0. The summed E-state index contributed by atoms with van der Waals surface area (Å²) in [5.41, 5.74) is 1.09. The molecule has 0 saturated carbocycles. The van der Waals surface area contributed by atoms with Gasteiger partial charge in [0.2, 0.25) is 0 Å². The van der Waals surface area contributed by atoms with Crippen LogP contribution < -0.4 is 14.2 Å². The van der Waals surface area contributed by atoms with Crippen molar-refractivity contribution in [1.82, 2.24) is 4.72 Å². The van der Waals surface area contributed by atoms with E-state index >= 15 is 0 Å². The molecule has 2 heterocycles. The van der Waals surface area contributed by atoms with Crippen LogP contribution in [0, 0.1) is 11.7 Å². The monoisotopic (exact) mass is 539 g/mol. The van der Waals surface area contributed by atoms with Crippen LogP contribution in [0.5, 0.6) is 11.5 Å². The number of amides is 1. The number of carbonyl (C=O) groups excluding carboxylic acids is 1. The highest BCUT2D eigenvalue weighted by Gasteiger charge is 2.47. The molecule has 2 aliphatic heterocycles. The van der Waals surface area contributed by atoms with Gasteiger partial charge in [-0.15, -0.1) is 0 Å². The number of hydrogen-bond donors (Lipinski definition) is 1. The Bertz CT molecular complexity index is 1440. The van der Waals surface area contributed by atoms with Gasteiger partial charge in [0.05, 0.1) is 22.7 Å². The number of sulfonamides is 1. The summed E-state index contributed by atoms with van der Waals surface area (Å²) in [6.07, 6.45) is 1.66. The molecule has 0 spiro atoms. The summed E-state index contributed by atoms with van der Waals surface area (Å²) in [6.45, 7) is 6.19. The van der Waals surface area contributed by atoms with Crippen molar-refractivity contribution in [3.63, 3.8) is 0 Å². The van der Waals surface area contributed by atoms with E-state index in [9.17, 15) is 17.6 Å². The predicted molar refractivity (Wildman–Crippen MR) is 139 cm³/mol. The molecule has 2 aliphatic rings. The van der Waals surface area contributed by atoms with Crippen LogP contribution in [0.1, 0.15) is 61.2 Å². The second-order valence-corrected chi connectivity index (χ2v) is 12.0. The number of halogens is 1. The zero-order valence-corrected chi connectivity index (χ0v) is 22.3. The third-order valence-corrected chi connectivity index (χ3v) is 8.49. The molecule has 0 aliphatic carbocycles. The highest BCUT2D eigenvalue weighted by Crippen LogP contribution is 2.52. The molecule has 3 aromatic rings. The number of fused-ring (bicyclic) bond motifs is 3. The summed E-state index contributed by atoms with van der Waals surface area (Å²) in [6, 6.07) is 16.9. The number of rotatable bonds is 6. The molecule has 0 radical (unpaired) electrons. The molecule has 3 atom stereocenters. The van der Waals surface area contributed by atoms with Crippen molar-refractivity contribution in [3.05, 3.63) is 89.2 Å². The van der Waals surface area contributed by atoms with Gasteiger partial charge in [-0.1, -0.05) is 30.3 Å². The molecule has 1 fully saturated rings. The van der Waals surface area contributed by atoms with Crippen molar-refractivity contribution >= 4 is 15.9 Å². The second-order valence-electron chi connectivity index (χ2n) is 10.3. The highest BCUT2D eigenvalue weighted by atomic mass is 32.2. The number of hydrogen-bond acceptors (Lipinski definition) is 6. The molecule has 0 bridgehead atoms. The maximum atomic E-state index is 13.4. The molecule has 5 rings (SSSR count). The Morgan fingerprint density at radius 1 is 1.08 bits per heavy atom. The van der Waals surface area contributed by atoms with Gasteiger partial charge in [-0.05, 0) is 75.6 Å². The SMILES string of the molecule is C[C@H]1CC[C@H]2[C@H](O1)c1cc(OCc3ccccc3)c(C(=O)NS(=O)(=O)c3ccc(F)cc3)cc1OC2(C)C. The molecule has 1 saturated heterocycles. The van der Waals surface area contributed by atoms with E-state index in [0.717, 1.165) is 48.2 Å². The lowest BCUT2D eigenvalue weighted by atomic mass is 9.75. The Kier molecular flexibility index (Phi) is 6.92. The van der Waals surface area contributed by atoms with E-state index in [1.165, 1.54) is 6.07 Å². The van der Waals surface area contributed by atoms with Gasteiger partial charge < -0.3 is 14.2 Å². The average molecular weight is 540 g/mol. The van der Waals surface area contributed by atoms with Crippen LogP contribution in [-0.4, -0.2) is 26.0 Å². The summed E-state index contributed by atoms with van der Waals surface area (Å²) >= 11 is 0. The lowest BCUT2D eigenvalue weighted by Gasteiger charge is -2.48. The average Bonchev–Trinajstić information content (AvgIpc) is 2.87. The molecule has 200 valence electrons. The first-order chi connectivity index (χ1) is 18.0. The Morgan fingerprint density at radius 2 is 1.79 bits per heavy atom. The fourth-order valence-corrected chi connectivity index (χ4v) is 6.07. The van der Waals surface area contributed by atoms with Gasteiger partial charge >= 0.3 is 0 Å². The molecule has 3 aromatic carbocycles. The van der Waals surface area contributed by atoms with Crippen LogP contribution >= 0.6 is 0 Å². The van der Waals surface area contributed by atoms with E-state index in [2.05, 4.69) is 4.72 Å². The minimum absolute atomic E-state index is 0.00322. The summed E-state index contributed by atoms with van der Waals surface area (Å²) in [5.74, 6) is -0.711. The predicted octanol–water partition coefficient (Wildman–Crippen LogP) is 5.55. The van der Waals surface area contributed by atoms with Gasteiger partial charge in [0.1, 0.15) is 29.5 Å². The Balaban J connectivity index is 1.53. The Labute approximate surface area is 222 Å². The van der Waals surface area contributed by atoms with E-state index in [1.54, 1.807) is 6.07 Å². The van der Waals surface area contributed by atoms with Gasteiger partial charge in [0, 0.05) is 11.5 Å². The summed E-state index contributed by atoms with van der Waals surface area (Å²) in [4.78, 5) is 13.1. The maximum Gasteiger partial charge on any atom is 0.268 e. The topological polar surface area (TPSA) is 90.9 Å². The summed E-state index contributed by atoms with van der Waals surface area (Å²) < 4.78 is 60.0. The van der Waals surface area contributed by atoms with Gasteiger partial charge in [0.15, 0.2) is 0 Å². The van der Waals surface area contributed by atoms with E-state index in [1.807, 2.05) is 51.1 Å². The van der Waals surface area contributed by atoms with E-state index in [0.29, 0.717) is 5.75 Å². The van der Waals surface area contributed by atoms with Crippen molar-refractivity contribution in [3.8, 4) is 11.5 Å². The van der Waals surface area contributed by atoms with Crippen LogP contribution in [0.4, 0.5) is 4.39 Å². The number of benzene rings is 3. The molecule has 1 amide bonds. The first-order valence-electron chi connectivity index (χ1n) is 12.6. The van der Waals surface area contributed by atoms with Crippen LogP contribution in [0.2, 0.25) is 0 Å². The zero-order chi connectivity index (χ0) is 27.1. The van der Waals surface area contributed by atoms with Crippen molar-refractivity contribution in [1.29, 1.82) is 0 Å². The van der Waals surface area contributed by atoms with E-state index < -0.39 is 27.3 Å². The van der Waals surface area contributed by atoms with E-state index in [4.69, 9.17) is 14.2 Å². The summed E-state index contributed by atoms with van der Waals surface area (Å²) in [5, 5.41) is 0. The molecule has 38 heavy (non-hydrogen) atoms. The highest BCUT2D eigenvalue weighted by molar-refractivity contribution is 7.90. The van der Waals surface area contributed by atoms with Crippen molar-refractivity contribution in [2.45, 2.75) is 62.9 Å². The number of carbonyl (C=O) groups is 1. The Hall–Kier alpha value is -3.43. The minimum atomic E-state index is -4.27. The quantitative estimate of drug-likeness (QED) is 0.442. The third-order valence-electron chi connectivity index (χ3n) is 7.15. The number of ether oxygens (including phenoxy) is 3. The smallest absolute Gasteiger partial charge is 0.268 e. The Morgan fingerprint density at radius 3 is 2.50 bits per heavy atom. The largest absolute Gasteiger partial charge is 0.488 e.